The normalized spacial score (nSPS) is 23.5. The average Bonchev–Trinajstić information content (AvgIpc) is 3.50. The number of nitriles is 2. The molecule has 2 saturated carbocycles. The van der Waals surface area contributed by atoms with Crippen molar-refractivity contribution in [1.29, 1.82) is 10.5 Å². The van der Waals surface area contributed by atoms with E-state index in [9.17, 15) is 23.1 Å². The molecule has 33 heavy (non-hydrogen) atoms. The van der Waals surface area contributed by atoms with Gasteiger partial charge in [-0.05, 0) is 37.7 Å². The van der Waals surface area contributed by atoms with Crippen LogP contribution in [0.2, 0.25) is 0 Å². The number of aromatic nitrogens is 1. The fourth-order valence-corrected chi connectivity index (χ4v) is 4.95. The van der Waals surface area contributed by atoms with Gasteiger partial charge in [-0.2, -0.15) is 23.7 Å². The first-order chi connectivity index (χ1) is 15.6. The summed E-state index contributed by atoms with van der Waals surface area (Å²) < 4.78 is 45.7. The second-order valence-corrected chi connectivity index (χ2v) is 8.68. The molecule has 1 heterocycles. The van der Waals surface area contributed by atoms with Crippen molar-refractivity contribution in [3.8, 4) is 12.1 Å². The fraction of sp³-hybridized carbons (Fsp3) is 0.391. The highest BCUT2D eigenvalue weighted by molar-refractivity contribution is 5.91. The van der Waals surface area contributed by atoms with Crippen molar-refractivity contribution >= 4 is 17.6 Å². The second kappa shape index (κ2) is 7.96. The van der Waals surface area contributed by atoms with E-state index in [0.717, 1.165) is 0 Å². The summed E-state index contributed by atoms with van der Waals surface area (Å²) in [5.41, 5.74) is -1.43. The Morgan fingerprint density at radius 2 is 1.79 bits per heavy atom. The maximum absolute atomic E-state index is 13.5. The first kappa shape index (κ1) is 22.4. The van der Waals surface area contributed by atoms with Gasteiger partial charge in [0.2, 0.25) is 11.8 Å². The molecule has 1 amide bonds. The predicted molar refractivity (Wildman–Crippen MR) is 109 cm³/mol. The topological polar surface area (TPSA) is 123 Å². The van der Waals surface area contributed by atoms with E-state index in [2.05, 4.69) is 10.5 Å². The van der Waals surface area contributed by atoms with Gasteiger partial charge in [0.15, 0.2) is 11.3 Å². The van der Waals surface area contributed by atoms with E-state index in [0.29, 0.717) is 24.1 Å². The summed E-state index contributed by atoms with van der Waals surface area (Å²) in [7, 11) is 0. The van der Waals surface area contributed by atoms with Crippen LogP contribution in [0.15, 0.2) is 40.4 Å². The molecule has 4 rings (SSSR count). The lowest BCUT2D eigenvalue weighted by atomic mass is 9.80. The van der Waals surface area contributed by atoms with Gasteiger partial charge in [-0.15, -0.1) is 0 Å². The summed E-state index contributed by atoms with van der Waals surface area (Å²) in [5, 5.41) is 34.1. The maximum atomic E-state index is 13.5. The first-order valence-electron chi connectivity index (χ1n) is 10.3. The molecular formula is C23H19F3N4O3. The molecule has 2 aliphatic carbocycles. The summed E-state index contributed by atoms with van der Waals surface area (Å²) in [4.78, 5) is 12.4. The third kappa shape index (κ3) is 3.93. The minimum atomic E-state index is -4.24. The van der Waals surface area contributed by atoms with Crippen LogP contribution in [0.1, 0.15) is 48.9 Å². The van der Waals surface area contributed by atoms with Crippen LogP contribution in [0.5, 0.6) is 0 Å². The van der Waals surface area contributed by atoms with Gasteiger partial charge in [0.25, 0.3) is 0 Å². The molecule has 0 radical (unpaired) electrons. The summed E-state index contributed by atoms with van der Waals surface area (Å²) in [6, 6.07) is 10.8. The molecule has 2 fully saturated rings. The average molecular weight is 456 g/mol. The van der Waals surface area contributed by atoms with E-state index in [1.165, 1.54) is 18.2 Å². The largest absolute Gasteiger partial charge is 0.505 e. The highest BCUT2D eigenvalue weighted by Crippen LogP contribution is 2.67. The molecule has 7 nitrogen and oxygen atoms in total. The minimum absolute atomic E-state index is 0.00359. The molecule has 0 saturated heterocycles. The monoisotopic (exact) mass is 456 g/mol. The number of carbonyl (C=O) groups excluding carboxylic acids is 1. The number of aliphatic hydroxyl groups is 1. The molecule has 2 N–H and O–H groups in total. The number of amides is 1. The van der Waals surface area contributed by atoms with Gasteiger partial charge in [0.05, 0.1) is 17.5 Å². The Morgan fingerprint density at radius 1 is 1.15 bits per heavy atom. The van der Waals surface area contributed by atoms with E-state index in [4.69, 9.17) is 15.0 Å². The predicted octanol–water partition coefficient (Wildman–Crippen LogP) is 4.94. The number of rotatable bonds is 5. The van der Waals surface area contributed by atoms with Crippen LogP contribution in [0.3, 0.4) is 0 Å². The maximum Gasteiger partial charge on any atom is 0.394 e. The van der Waals surface area contributed by atoms with Gasteiger partial charge in [0, 0.05) is 17.0 Å². The van der Waals surface area contributed by atoms with Crippen LogP contribution >= 0.6 is 0 Å². The Hall–Kier alpha value is -3.79. The van der Waals surface area contributed by atoms with Crippen molar-refractivity contribution in [3.05, 3.63) is 52.7 Å². The number of fused-ring (bicyclic) bond motifs is 2. The van der Waals surface area contributed by atoms with Gasteiger partial charge in [-0.1, -0.05) is 29.4 Å². The molecule has 170 valence electrons. The molecular weight excluding hydrogens is 437 g/mol. The summed E-state index contributed by atoms with van der Waals surface area (Å²) in [6.45, 7) is 0. The number of hydrogen-bond donors (Lipinski definition) is 2. The molecule has 2 aromatic rings. The van der Waals surface area contributed by atoms with Gasteiger partial charge < -0.3 is 9.63 Å². The number of hydrogen-bond acceptors (Lipinski definition) is 6. The van der Waals surface area contributed by atoms with Crippen molar-refractivity contribution in [3.63, 3.8) is 0 Å². The van der Waals surface area contributed by atoms with Crippen LogP contribution in [-0.2, 0) is 16.6 Å². The Balaban J connectivity index is 1.40. The number of halogens is 3. The molecule has 2 bridgehead atoms. The second-order valence-electron chi connectivity index (χ2n) is 8.68. The third-order valence-corrected chi connectivity index (χ3v) is 6.81. The van der Waals surface area contributed by atoms with E-state index in [1.807, 2.05) is 0 Å². The SMILES string of the molecule is N#CC(C#N)=C(O)c1ccc(CC(=O)Nc2cc(C34CCC(C(F)(F)F)(CC3)C4)no2)cc1. The molecule has 0 spiro atoms. The van der Waals surface area contributed by atoms with Crippen molar-refractivity contribution in [2.45, 2.75) is 50.1 Å². The van der Waals surface area contributed by atoms with Gasteiger partial charge >= 0.3 is 6.18 Å². The van der Waals surface area contributed by atoms with E-state index < -0.39 is 34.2 Å². The van der Waals surface area contributed by atoms with Crippen LogP contribution in [0, 0.1) is 28.1 Å². The van der Waals surface area contributed by atoms with Crippen LogP contribution < -0.4 is 5.32 Å². The molecule has 10 heteroatoms. The number of nitrogens with zero attached hydrogens (tertiary/aromatic N) is 3. The van der Waals surface area contributed by atoms with E-state index >= 15 is 0 Å². The van der Waals surface area contributed by atoms with Gasteiger partial charge in [0.1, 0.15) is 12.1 Å². The van der Waals surface area contributed by atoms with Crippen molar-refractivity contribution in [1.82, 2.24) is 5.16 Å². The highest BCUT2D eigenvalue weighted by atomic mass is 19.4. The Morgan fingerprint density at radius 3 is 2.33 bits per heavy atom. The smallest absolute Gasteiger partial charge is 0.394 e. The lowest BCUT2D eigenvalue weighted by Crippen LogP contribution is -2.33. The highest BCUT2D eigenvalue weighted by Gasteiger charge is 2.67. The molecule has 2 aliphatic rings. The quantitative estimate of drug-likeness (QED) is 0.485. The Labute approximate surface area is 187 Å². The van der Waals surface area contributed by atoms with Crippen molar-refractivity contribution < 1.29 is 27.6 Å². The van der Waals surface area contributed by atoms with Crippen LogP contribution in [0.25, 0.3) is 5.76 Å². The summed E-state index contributed by atoms with van der Waals surface area (Å²) in [5.74, 6) is -0.788. The fourth-order valence-electron chi connectivity index (χ4n) is 4.95. The molecule has 0 aliphatic heterocycles. The van der Waals surface area contributed by atoms with Gasteiger partial charge in [-0.3, -0.25) is 10.1 Å². The number of alkyl halides is 3. The molecule has 0 atom stereocenters. The lowest BCUT2D eigenvalue weighted by Gasteiger charge is -2.29. The third-order valence-electron chi connectivity index (χ3n) is 6.81. The summed E-state index contributed by atoms with van der Waals surface area (Å²) in [6.07, 6.45) is -3.34. The zero-order chi connectivity index (χ0) is 23.9. The number of aliphatic hydroxyl groups excluding tert-OH is 1. The standard InChI is InChI=1S/C23H19F3N4O3/c24-23(25,26)22-7-5-21(13-22,6-8-22)17-10-19(33-30-17)29-18(31)9-14-1-3-15(4-2-14)20(32)16(11-27)12-28/h1-4,10,32H,5-9,13H2,(H,29,31). The first-order valence-corrected chi connectivity index (χ1v) is 10.3. The number of nitrogens with one attached hydrogen (secondary N) is 1. The number of allylic oxidation sites excluding steroid dienone is 1. The Bertz CT molecular complexity index is 1180. The molecule has 1 aromatic carbocycles. The number of benzene rings is 1. The lowest BCUT2D eigenvalue weighted by molar-refractivity contribution is -0.220. The summed E-state index contributed by atoms with van der Waals surface area (Å²) >= 11 is 0. The van der Waals surface area contributed by atoms with Crippen LogP contribution in [0.4, 0.5) is 19.1 Å². The van der Waals surface area contributed by atoms with Gasteiger partial charge in [-0.25, -0.2) is 0 Å². The number of carbonyl (C=O) groups is 1. The van der Waals surface area contributed by atoms with Crippen LogP contribution in [-0.4, -0.2) is 22.3 Å². The zero-order valence-corrected chi connectivity index (χ0v) is 17.4. The Kier molecular flexibility index (Phi) is 5.41. The molecule has 0 unspecified atom stereocenters. The van der Waals surface area contributed by atoms with Crippen molar-refractivity contribution in [2.24, 2.45) is 5.41 Å². The number of anilines is 1. The minimum Gasteiger partial charge on any atom is -0.505 e. The van der Waals surface area contributed by atoms with Crippen molar-refractivity contribution in [2.75, 3.05) is 5.32 Å². The van der Waals surface area contributed by atoms with E-state index in [1.54, 1.807) is 24.3 Å². The van der Waals surface area contributed by atoms with E-state index in [-0.39, 0.29) is 37.1 Å². The molecule has 1 aromatic heterocycles. The zero-order valence-electron chi connectivity index (χ0n) is 17.4.